The highest BCUT2D eigenvalue weighted by atomic mass is 32.1. The molecule has 0 fully saturated rings. The van der Waals surface area contributed by atoms with Gasteiger partial charge in [-0.25, -0.2) is 9.37 Å². The van der Waals surface area contributed by atoms with Crippen LogP contribution in [0.3, 0.4) is 0 Å². The predicted molar refractivity (Wildman–Crippen MR) is 105 cm³/mol. The normalized spacial score (nSPS) is 10.3. The van der Waals surface area contributed by atoms with Crippen molar-refractivity contribution in [2.75, 3.05) is 6.61 Å². The molecule has 2 aromatic carbocycles. The summed E-state index contributed by atoms with van der Waals surface area (Å²) in [5.41, 5.74) is 3.50. The molecule has 3 rings (SSSR count). The third-order valence-corrected chi connectivity index (χ3v) is 4.75. The Balaban J connectivity index is 1.60. The SMILES string of the molecule is CC#CCCCOc1cccc(CNC(=O)c2ccc3ncsc3c2)c1F. The topological polar surface area (TPSA) is 51.2 Å². The number of amides is 1. The van der Waals surface area contributed by atoms with Crippen molar-refractivity contribution in [2.24, 2.45) is 0 Å². The number of ether oxygens (including phenoxy) is 1. The second-order valence-electron chi connectivity index (χ2n) is 5.83. The zero-order valence-corrected chi connectivity index (χ0v) is 15.7. The molecule has 0 saturated heterocycles. The van der Waals surface area contributed by atoms with Crippen LogP contribution in [-0.4, -0.2) is 17.5 Å². The van der Waals surface area contributed by atoms with Crippen molar-refractivity contribution in [2.45, 2.75) is 26.3 Å². The minimum absolute atomic E-state index is 0.0872. The van der Waals surface area contributed by atoms with E-state index in [1.54, 1.807) is 48.8 Å². The van der Waals surface area contributed by atoms with Crippen LogP contribution in [0.25, 0.3) is 10.2 Å². The van der Waals surface area contributed by atoms with Crippen LogP contribution in [0, 0.1) is 17.7 Å². The fourth-order valence-corrected chi connectivity index (χ4v) is 3.26. The fraction of sp³-hybridized carbons (Fsp3) is 0.238. The van der Waals surface area contributed by atoms with E-state index in [0.717, 1.165) is 23.1 Å². The molecule has 1 amide bonds. The number of carbonyl (C=O) groups excluding carboxylic acids is 1. The highest BCUT2D eigenvalue weighted by Crippen LogP contribution is 2.22. The molecule has 1 heterocycles. The number of nitrogens with one attached hydrogen (secondary N) is 1. The smallest absolute Gasteiger partial charge is 0.251 e. The number of rotatable bonds is 7. The van der Waals surface area contributed by atoms with Gasteiger partial charge in [-0.2, -0.15) is 0 Å². The molecule has 0 saturated carbocycles. The molecule has 0 atom stereocenters. The third kappa shape index (κ3) is 4.83. The fourth-order valence-electron chi connectivity index (χ4n) is 2.55. The van der Waals surface area contributed by atoms with Gasteiger partial charge < -0.3 is 10.1 Å². The maximum Gasteiger partial charge on any atom is 0.251 e. The van der Waals surface area contributed by atoms with Gasteiger partial charge in [-0.3, -0.25) is 4.79 Å². The molecule has 27 heavy (non-hydrogen) atoms. The first kappa shape index (κ1) is 18.9. The molecular weight excluding hydrogens is 363 g/mol. The largest absolute Gasteiger partial charge is 0.490 e. The molecule has 0 spiro atoms. The molecule has 3 aromatic rings. The van der Waals surface area contributed by atoms with Crippen LogP contribution in [0.2, 0.25) is 0 Å². The van der Waals surface area contributed by atoms with Gasteiger partial charge in [0.1, 0.15) is 0 Å². The first-order valence-corrected chi connectivity index (χ1v) is 9.48. The lowest BCUT2D eigenvalue weighted by atomic mass is 10.1. The Labute approximate surface area is 161 Å². The first-order valence-electron chi connectivity index (χ1n) is 8.60. The molecule has 4 nitrogen and oxygen atoms in total. The molecule has 0 unspecified atom stereocenters. The number of unbranched alkanes of at least 4 members (excludes halogenated alkanes) is 1. The number of carbonyl (C=O) groups is 1. The van der Waals surface area contributed by atoms with Crippen LogP contribution in [0.4, 0.5) is 4.39 Å². The molecule has 6 heteroatoms. The monoisotopic (exact) mass is 382 g/mol. The Hall–Kier alpha value is -2.91. The minimum Gasteiger partial charge on any atom is -0.490 e. The third-order valence-electron chi connectivity index (χ3n) is 3.96. The number of hydrogen-bond acceptors (Lipinski definition) is 4. The Kier molecular flexibility index (Phi) is 6.39. The van der Waals surface area contributed by atoms with Gasteiger partial charge in [0.05, 0.1) is 22.3 Å². The lowest BCUT2D eigenvalue weighted by Gasteiger charge is -2.11. The molecule has 1 aromatic heterocycles. The summed E-state index contributed by atoms with van der Waals surface area (Å²) in [6.45, 7) is 2.27. The number of benzene rings is 2. The van der Waals surface area contributed by atoms with Crippen LogP contribution in [0.1, 0.15) is 35.7 Å². The molecule has 1 N–H and O–H groups in total. The molecule has 0 bridgehead atoms. The van der Waals surface area contributed by atoms with Gasteiger partial charge in [-0.15, -0.1) is 23.2 Å². The zero-order chi connectivity index (χ0) is 19.1. The second kappa shape index (κ2) is 9.15. The van der Waals surface area contributed by atoms with Gasteiger partial charge in [-0.05, 0) is 37.6 Å². The molecule has 0 aliphatic carbocycles. The van der Waals surface area contributed by atoms with Gasteiger partial charge in [0.2, 0.25) is 0 Å². The van der Waals surface area contributed by atoms with Crippen LogP contribution in [0.5, 0.6) is 5.75 Å². The van der Waals surface area contributed by atoms with E-state index in [2.05, 4.69) is 22.1 Å². The van der Waals surface area contributed by atoms with E-state index < -0.39 is 5.82 Å². The van der Waals surface area contributed by atoms with E-state index in [1.807, 2.05) is 0 Å². The Morgan fingerprint density at radius 2 is 2.22 bits per heavy atom. The zero-order valence-electron chi connectivity index (χ0n) is 14.9. The molecule has 0 aliphatic heterocycles. The summed E-state index contributed by atoms with van der Waals surface area (Å²) in [4.78, 5) is 16.5. The van der Waals surface area contributed by atoms with Crippen molar-refractivity contribution in [3.63, 3.8) is 0 Å². The van der Waals surface area contributed by atoms with Crippen LogP contribution >= 0.6 is 11.3 Å². The highest BCUT2D eigenvalue weighted by molar-refractivity contribution is 7.16. The van der Waals surface area contributed by atoms with E-state index in [0.29, 0.717) is 17.7 Å². The summed E-state index contributed by atoms with van der Waals surface area (Å²) in [7, 11) is 0. The van der Waals surface area contributed by atoms with Crippen molar-refractivity contribution in [3.8, 4) is 17.6 Å². The molecule has 138 valence electrons. The van der Waals surface area contributed by atoms with Crippen LogP contribution in [-0.2, 0) is 6.54 Å². The summed E-state index contributed by atoms with van der Waals surface area (Å²) in [6, 6.07) is 10.2. The average Bonchev–Trinajstić information content (AvgIpc) is 3.15. The van der Waals surface area contributed by atoms with Gasteiger partial charge in [0.25, 0.3) is 5.91 Å². The number of hydrogen-bond donors (Lipinski definition) is 1. The number of nitrogens with zero attached hydrogens (tertiary/aromatic N) is 1. The van der Waals surface area contributed by atoms with E-state index in [9.17, 15) is 9.18 Å². The van der Waals surface area contributed by atoms with E-state index in [-0.39, 0.29) is 18.2 Å². The second-order valence-corrected chi connectivity index (χ2v) is 6.71. The highest BCUT2D eigenvalue weighted by Gasteiger charge is 2.12. The lowest BCUT2D eigenvalue weighted by molar-refractivity contribution is 0.0950. The van der Waals surface area contributed by atoms with Crippen molar-refractivity contribution in [1.82, 2.24) is 10.3 Å². The van der Waals surface area contributed by atoms with Crippen molar-refractivity contribution in [3.05, 3.63) is 58.9 Å². The van der Waals surface area contributed by atoms with Crippen molar-refractivity contribution in [1.29, 1.82) is 0 Å². The summed E-state index contributed by atoms with van der Waals surface area (Å²) < 4.78 is 21.0. The van der Waals surface area contributed by atoms with Crippen molar-refractivity contribution >= 4 is 27.5 Å². The maximum atomic E-state index is 14.6. The molecule has 0 radical (unpaired) electrons. The summed E-state index contributed by atoms with van der Waals surface area (Å²) in [5.74, 6) is 5.25. The van der Waals surface area contributed by atoms with E-state index in [1.165, 1.54) is 11.3 Å². The molecule has 0 aliphatic rings. The minimum atomic E-state index is -0.447. The number of fused-ring (bicyclic) bond motifs is 1. The average molecular weight is 382 g/mol. The number of aromatic nitrogens is 1. The Morgan fingerprint density at radius 3 is 3.07 bits per heavy atom. The first-order chi connectivity index (χ1) is 13.2. The standard InChI is InChI=1S/C21H19FN2O2S/c1-2-3-4-5-11-26-18-8-6-7-16(20(18)22)13-23-21(25)15-9-10-17-19(12-15)27-14-24-17/h6-10,12,14H,4-5,11,13H2,1H3,(H,23,25). The van der Waals surface area contributed by atoms with Crippen LogP contribution < -0.4 is 10.1 Å². The summed E-state index contributed by atoms with van der Waals surface area (Å²) in [6.07, 6.45) is 1.46. The quantitative estimate of drug-likeness (QED) is 0.482. The van der Waals surface area contributed by atoms with Gasteiger partial charge in [-0.1, -0.05) is 12.1 Å². The summed E-state index contributed by atoms with van der Waals surface area (Å²) >= 11 is 1.47. The maximum absolute atomic E-state index is 14.6. The van der Waals surface area contributed by atoms with Crippen molar-refractivity contribution < 1.29 is 13.9 Å². The molecular formula is C21H19FN2O2S. The number of halogens is 1. The number of thiazole rings is 1. The van der Waals surface area contributed by atoms with Gasteiger partial charge in [0, 0.05) is 24.1 Å². The van der Waals surface area contributed by atoms with Crippen LogP contribution in [0.15, 0.2) is 41.9 Å². The predicted octanol–water partition coefficient (Wildman–Crippen LogP) is 4.55. The van der Waals surface area contributed by atoms with E-state index >= 15 is 0 Å². The van der Waals surface area contributed by atoms with Gasteiger partial charge >= 0.3 is 0 Å². The van der Waals surface area contributed by atoms with E-state index in [4.69, 9.17) is 4.74 Å². The Morgan fingerprint density at radius 1 is 1.33 bits per heavy atom. The Bertz CT molecular complexity index is 1000. The summed E-state index contributed by atoms with van der Waals surface area (Å²) in [5, 5.41) is 2.76. The lowest BCUT2D eigenvalue weighted by Crippen LogP contribution is -2.23. The van der Waals surface area contributed by atoms with Gasteiger partial charge in [0.15, 0.2) is 11.6 Å².